The van der Waals surface area contributed by atoms with Crippen molar-refractivity contribution in [2.45, 2.75) is 13.0 Å². The molecule has 0 bridgehead atoms. The van der Waals surface area contributed by atoms with Crippen LogP contribution < -0.4 is 10.1 Å². The molecule has 2 N–H and O–H groups in total. The summed E-state index contributed by atoms with van der Waals surface area (Å²) >= 11 is 5.86. The maximum atomic E-state index is 11.1. The first kappa shape index (κ1) is 15.2. The molecule has 0 aliphatic heterocycles. The van der Waals surface area contributed by atoms with Gasteiger partial charge in [0, 0.05) is 11.7 Å². The molecular formula is C16H16ClNO3. The van der Waals surface area contributed by atoms with Gasteiger partial charge in [0.2, 0.25) is 0 Å². The molecule has 0 spiro atoms. The third-order valence-electron chi connectivity index (χ3n) is 3.20. The van der Waals surface area contributed by atoms with E-state index < -0.39 is 5.97 Å². The summed E-state index contributed by atoms with van der Waals surface area (Å²) in [7, 11) is 1.62. The molecule has 0 fully saturated rings. The fraction of sp³-hybridized carbons (Fsp3) is 0.188. The molecule has 0 aliphatic rings. The third kappa shape index (κ3) is 3.67. The number of anilines is 1. The van der Waals surface area contributed by atoms with E-state index in [1.807, 2.05) is 31.2 Å². The number of methoxy groups -OCH3 is 1. The average Bonchev–Trinajstić information content (AvgIpc) is 2.49. The van der Waals surface area contributed by atoms with Crippen molar-refractivity contribution in [3.63, 3.8) is 0 Å². The van der Waals surface area contributed by atoms with Gasteiger partial charge in [-0.2, -0.15) is 0 Å². The maximum Gasteiger partial charge on any atom is 0.337 e. The molecular weight excluding hydrogens is 290 g/mol. The molecule has 1 unspecified atom stereocenters. The summed E-state index contributed by atoms with van der Waals surface area (Å²) in [5.74, 6) is -0.244. The lowest BCUT2D eigenvalue weighted by molar-refractivity contribution is 0.0697. The zero-order valence-corrected chi connectivity index (χ0v) is 12.5. The Morgan fingerprint density at radius 3 is 2.48 bits per heavy atom. The van der Waals surface area contributed by atoms with E-state index in [9.17, 15) is 4.79 Å². The normalized spacial score (nSPS) is 11.8. The number of hydrogen-bond acceptors (Lipinski definition) is 3. The van der Waals surface area contributed by atoms with E-state index in [0.717, 1.165) is 11.3 Å². The zero-order chi connectivity index (χ0) is 15.4. The van der Waals surface area contributed by atoms with Crippen molar-refractivity contribution < 1.29 is 14.6 Å². The predicted molar refractivity (Wildman–Crippen MR) is 83.4 cm³/mol. The van der Waals surface area contributed by atoms with Gasteiger partial charge in [-0.25, -0.2) is 4.79 Å². The number of benzene rings is 2. The Labute approximate surface area is 128 Å². The molecule has 0 saturated heterocycles. The molecule has 2 aromatic carbocycles. The number of nitrogens with one attached hydrogen (secondary N) is 1. The number of hydrogen-bond donors (Lipinski definition) is 2. The number of rotatable bonds is 5. The topological polar surface area (TPSA) is 58.6 Å². The number of halogens is 1. The van der Waals surface area contributed by atoms with Crippen molar-refractivity contribution in [2.24, 2.45) is 0 Å². The Kier molecular flexibility index (Phi) is 4.70. The van der Waals surface area contributed by atoms with Crippen LogP contribution in [0.3, 0.4) is 0 Å². The minimum atomic E-state index is -1.04. The third-order valence-corrected chi connectivity index (χ3v) is 3.53. The first-order chi connectivity index (χ1) is 10.0. The lowest BCUT2D eigenvalue weighted by Gasteiger charge is -2.16. The SMILES string of the molecule is COc1ccc(C(C)Nc2ccc(Cl)c(C(=O)O)c2)cc1. The molecule has 0 heterocycles. The van der Waals surface area contributed by atoms with Gasteiger partial charge in [0.1, 0.15) is 5.75 Å². The van der Waals surface area contributed by atoms with E-state index in [1.165, 1.54) is 6.07 Å². The van der Waals surface area contributed by atoms with Crippen LogP contribution in [0.1, 0.15) is 28.9 Å². The number of carboxylic acid groups (broad SMARTS) is 1. The average molecular weight is 306 g/mol. The summed E-state index contributed by atoms with van der Waals surface area (Å²) in [6.45, 7) is 2.00. The molecule has 2 rings (SSSR count). The van der Waals surface area contributed by atoms with Crippen LogP contribution in [0.4, 0.5) is 5.69 Å². The van der Waals surface area contributed by atoms with Crippen molar-refractivity contribution >= 4 is 23.3 Å². The highest BCUT2D eigenvalue weighted by atomic mass is 35.5. The van der Waals surface area contributed by atoms with Crippen LogP contribution in [0, 0.1) is 0 Å². The van der Waals surface area contributed by atoms with Crippen molar-refractivity contribution in [3.05, 3.63) is 58.6 Å². The van der Waals surface area contributed by atoms with Crippen LogP contribution in [0.15, 0.2) is 42.5 Å². The summed E-state index contributed by atoms with van der Waals surface area (Å²) in [5.41, 5.74) is 1.87. The van der Waals surface area contributed by atoms with Gasteiger partial charge in [0.05, 0.1) is 17.7 Å². The molecule has 5 heteroatoms. The lowest BCUT2D eigenvalue weighted by atomic mass is 10.1. The molecule has 110 valence electrons. The largest absolute Gasteiger partial charge is 0.497 e. The Balaban J connectivity index is 2.16. The molecule has 4 nitrogen and oxygen atoms in total. The van der Waals surface area contributed by atoms with E-state index in [2.05, 4.69) is 5.32 Å². The Morgan fingerprint density at radius 2 is 1.90 bits per heavy atom. The van der Waals surface area contributed by atoms with Gasteiger partial charge >= 0.3 is 5.97 Å². The molecule has 0 amide bonds. The van der Waals surface area contributed by atoms with Crippen LogP contribution in [-0.2, 0) is 0 Å². The highest BCUT2D eigenvalue weighted by molar-refractivity contribution is 6.33. The van der Waals surface area contributed by atoms with Crippen molar-refractivity contribution in [1.29, 1.82) is 0 Å². The van der Waals surface area contributed by atoms with Crippen LogP contribution in [-0.4, -0.2) is 18.2 Å². The highest BCUT2D eigenvalue weighted by Gasteiger charge is 2.11. The number of carbonyl (C=O) groups is 1. The van der Waals surface area contributed by atoms with E-state index in [4.69, 9.17) is 21.4 Å². The maximum absolute atomic E-state index is 11.1. The smallest absolute Gasteiger partial charge is 0.337 e. The molecule has 0 aliphatic carbocycles. The van der Waals surface area contributed by atoms with E-state index >= 15 is 0 Å². The standard InChI is InChI=1S/C16H16ClNO3/c1-10(11-3-6-13(21-2)7-4-11)18-12-5-8-15(17)14(9-12)16(19)20/h3-10,18H,1-2H3,(H,19,20). The summed E-state index contributed by atoms with van der Waals surface area (Å²) < 4.78 is 5.12. The van der Waals surface area contributed by atoms with Gasteiger partial charge in [-0.1, -0.05) is 23.7 Å². The summed E-state index contributed by atoms with van der Waals surface area (Å²) in [6, 6.07) is 12.6. The van der Waals surface area contributed by atoms with Gasteiger partial charge in [0.25, 0.3) is 0 Å². The van der Waals surface area contributed by atoms with Crippen molar-refractivity contribution in [2.75, 3.05) is 12.4 Å². The van der Waals surface area contributed by atoms with E-state index in [0.29, 0.717) is 5.69 Å². The lowest BCUT2D eigenvalue weighted by Crippen LogP contribution is -2.07. The second kappa shape index (κ2) is 6.50. The fourth-order valence-electron chi connectivity index (χ4n) is 2.00. The minimum Gasteiger partial charge on any atom is -0.497 e. The van der Waals surface area contributed by atoms with Crippen LogP contribution in [0.5, 0.6) is 5.75 Å². The quantitative estimate of drug-likeness (QED) is 0.868. The molecule has 0 saturated carbocycles. The van der Waals surface area contributed by atoms with Gasteiger partial charge in [0.15, 0.2) is 0 Å². The molecule has 1 atom stereocenters. The Morgan fingerprint density at radius 1 is 1.24 bits per heavy atom. The van der Waals surface area contributed by atoms with Crippen LogP contribution in [0.2, 0.25) is 5.02 Å². The van der Waals surface area contributed by atoms with Crippen molar-refractivity contribution in [3.8, 4) is 5.75 Å². The molecule has 0 radical (unpaired) electrons. The monoisotopic (exact) mass is 305 g/mol. The highest BCUT2D eigenvalue weighted by Crippen LogP contribution is 2.25. The molecule has 21 heavy (non-hydrogen) atoms. The summed E-state index contributed by atoms with van der Waals surface area (Å²) in [4.78, 5) is 11.1. The summed E-state index contributed by atoms with van der Waals surface area (Å²) in [6.07, 6.45) is 0. The van der Waals surface area contributed by atoms with Gasteiger partial charge in [-0.15, -0.1) is 0 Å². The first-order valence-electron chi connectivity index (χ1n) is 6.44. The van der Waals surface area contributed by atoms with Gasteiger partial charge < -0.3 is 15.2 Å². The minimum absolute atomic E-state index is 0.0266. The Bertz CT molecular complexity index is 640. The molecule has 0 aromatic heterocycles. The van der Waals surface area contributed by atoms with Gasteiger partial charge in [-0.05, 0) is 42.8 Å². The van der Waals surface area contributed by atoms with E-state index in [1.54, 1.807) is 19.2 Å². The van der Waals surface area contributed by atoms with Gasteiger partial charge in [-0.3, -0.25) is 0 Å². The van der Waals surface area contributed by atoms with Crippen LogP contribution in [0.25, 0.3) is 0 Å². The van der Waals surface area contributed by atoms with E-state index in [-0.39, 0.29) is 16.6 Å². The fourth-order valence-corrected chi connectivity index (χ4v) is 2.20. The van der Waals surface area contributed by atoms with Crippen LogP contribution >= 0.6 is 11.6 Å². The predicted octanol–water partition coefficient (Wildman–Crippen LogP) is 4.22. The molecule has 2 aromatic rings. The second-order valence-electron chi connectivity index (χ2n) is 4.64. The Hall–Kier alpha value is -2.20. The number of carboxylic acids is 1. The zero-order valence-electron chi connectivity index (χ0n) is 11.8. The number of aromatic carboxylic acids is 1. The summed E-state index contributed by atoms with van der Waals surface area (Å²) in [5, 5.41) is 12.6. The second-order valence-corrected chi connectivity index (χ2v) is 5.05. The first-order valence-corrected chi connectivity index (χ1v) is 6.82. The van der Waals surface area contributed by atoms with Crippen molar-refractivity contribution in [1.82, 2.24) is 0 Å². The number of ether oxygens (including phenoxy) is 1.